The monoisotopic (exact) mass is 438 g/mol. The molecule has 0 N–H and O–H groups in total. The molecular formula is C14H17Br3O. The Morgan fingerprint density at radius 2 is 1.94 bits per heavy atom. The minimum atomic E-state index is 0.284. The second-order valence-corrected chi connectivity index (χ2v) is 7.70. The molecule has 0 radical (unpaired) electrons. The number of benzene rings is 1. The van der Waals surface area contributed by atoms with Gasteiger partial charge >= 0.3 is 0 Å². The zero-order valence-electron chi connectivity index (χ0n) is 10.6. The Bertz CT molecular complexity index is 429. The van der Waals surface area contributed by atoms with Gasteiger partial charge in [0.2, 0.25) is 0 Å². The predicted molar refractivity (Wildman–Crippen MR) is 86.6 cm³/mol. The highest BCUT2D eigenvalue weighted by molar-refractivity contribution is 9.11. The van der Waals surface area contributed by atoms with Gasteiger partial charge in [0.25, 0.3) is 0 Å². The number of rotatable bonds is 4. The summed E-state index contributed by atoms with van der Waals surface area (Å²) in [6.45, 7) is 4.51. The molecule has 100 valence electrons. The molecule has 2 unspecified atom stereocenters. The van der Waals surface area contributed by atoms with Crippen molar-refractivity contribution in [1.82, 2.24) is 0 Å². The van der Waals surface area contributed by atoms with E-state index in [9.17, 15) is 0 Å². The second-order valence-electron chi connectivity index (χ2n) is 4.82. The first-order valence-electron chi connectivity index (χ1n) is 6.29. The lowest BCUT2D eigenvalue weighted by Crippen LogP contribution is -2.56. The zero-order chi connectivity index (χ0) is 13.3. The van der Waals surface area contributed by atoms with Gasteiger partial charge in [-0.05, 0) is 53.4 Å². The Labute approximate surface area is 134 Å². The van der Waals surface area contributed by atoms with E-state index in [1.165, 1.54) is 0 Å². The molecule has 1 saturated carbocycles. The predicted octanol–water partition coefficient (Wildman–Crippen LogP) is 5.93. The van der Waals surface area contributed by atoms with Gasteiger partial charge in [0.05, 0.1) is 4.47 Å². The summed E-state index contributed by atoms with van der Waals surface area (Å²) in [6, 6.07) is 6.06. The molecule has 1 aliphatic carbocycles. The highest BCUT2D eigenvalue weighted by atomic mass is 79.9. The van der Waals surface area contributed by atoms with Crippen LogP contribution in [0.15, 0.2) is 27.1 Å². The van der Waals surface area contributed by atoms with E-state index < -0.39 is 0 Å². The van der Waals surface area contributed by atoms with Gasteiger partial charge < -0.3 is 4.74 Å². The van der Waals surface area contributed by atoms with Crippen molar-refractivity contribution < 1.29 is 4.74 Å². The fourth-order valence-corrected chi connectivity index (χ4v) is 5.16. The summed E-state index contributed by atoms with van der Waals surface area (Å²) in [4.78, 5) is 0.583. The maximum atomic E-state index is 6.21. The summed E-state index contributed by atoms with van der Waals surface area (Å²) in [5, 5.41) is 0. The molecule has 0 aliphatic heterocycles. The van der Waals surface area contributed by atoms with E-state index in [0.29, 0.717) is 10.9 Å². The lowest BCUT2D eigenvalue weighted by Gasteiger charge is -2.52. The highest BCUT2D eigenvalue weighted by Gasteiger charge is 2.53. The first-order valence-corrected chi connectivity index (χ1v) is 8.79. The Morgan fingerprint density at radius 1 is 1.28 bits per heavy atom. The third-order valence-electron chi connectivity index (χ3n) is 4.17. The van der Waals surface area contributed by atoms with Gasteiger partial charge in [0.1, 0.15) is 11.9 Å². The Hall–Kier alpha value is 0.460. The van der Waals surface area contributed by atoms with Crippen LogP contribution in [0.2, 0.25) is 0 Å². The summed E-state index contributed by atoms with van der Waals surface area (Å²) in [6.07, 6.45) is 3.70. The van der Waals surface area contributed by atoms with Crippen molar-refractivity contribution >= 4 is 47.8 Å². The fraction of sp³-hybridized carbons (Fsp3) is 0.571. The van der Waals surface area contributed by atoms with Crippen LogP contribution in [0.3, 0.4) is 0 Å². The van der Waals surface area contributed by atoms with Crippen LogP contribution in [0.25, 0.3) is 0 Å². The van der Waals surface area contributed by atoms with Crippen LogP contribution in [0.1, 0.15) is 33.1 Å². The molecule has 0 aromatic heterocycles. The largest absolute Gasteiger partial charge is 0.489 e. The van der Waals surface area contributed by atoms with Gasteiger partial charge in [-0.15, -0.1) is 0 Å². The molecule has 2 atom stereocenters. The standard InChI is InChI=1S/C14H17Br3O/c1-3-14(4-2)12(17)8-13(14)18-11-6-5-9(15)7-10(11)16/h5-7,12-13H,3-4,8H2,1-2H3. The molecule has 18 heavy (non-hydrogen) atoms. The van der Waals surface area contributed by atoms with Crippen molar-refractivity contribution in [2.75, 3.05) is 0 Å². The lowest BCUT2D eigenvalue weighted by atomic mass is 9.62. The molecule has 0 heterocycles. The average Bonchev–Trinajstić information content (AvgIpc) is 2.33. The van der Waals surface area contributed by atoms with Gasteiger partial charge in [-0.3, -0.25) is 0 Å². The average molecular weight is 441 g/mol. The third-order valence-corrected chi connectivity index (χ3v) is 6.56. The molecule has 1 aromatic rings. The number of hydrogen-bond acceptors (Lipinski definition) is 1. The van der Waals surface area contributed by atoms with E-state index in [2.05, 4.69) is 61.6 Å². The highest BCUT2D eigenvalue weighted by Crippen LogP contribution is 2.53. The van der Waals surface area contributed by atoms with Gasteiger partial charge in [-0.1, -0.05) is 45.7 Å². The number of ether oxygens (including phenoxy) is 1. The van der Waals surface area contributed by atoms with E-state index in [4.69, 9.17) is 4.74 Å². The molecule has 0 saturated heterocycles. The van der Waals surface area contributed by atoms with Crippen molar-refractivity contribution in [3.05, 3.63) is 27.1 Å². The molecular weight excluding hydrogens is 424 g/mol. The Kier molecular flexibility index (Phi) is 4.82. The summed E-state index contributed by atoms with van der Waals surface area (Å²) in [7, 11) is 0. The van der Waals surface area contributed by atoms with Crippen molar-refractivity contribution in [3.8, 4) is 5.75 Å². The normalized spacial score (nSPS) is 25.6. The molecule has 1 nitrogen and oxygen atoms in total. The molecule has 0 amide bonds. The Balaban J connectivity index is 2.15. The topological polar surface area (TPSA) is 9.23 Å². The molecule has 0 spiro atoms. The van der Waals surface area contributed by atoms with Crippen molar-refractivity contribution in [3.63, 3.8) is 0 Å². The van der Waals surface area contributed by atoms with Gasteiger partial charge in [0, 0.05) is 14.7 Å². The van der Waals surface area contributed by atoms with Crippen molar-refractivity contribution in [2.24, 2.45) is 5.41 Å². The van der Waals surface area contributed by atoms with E-state index >= 15 is 0 Å². The van der Waals surface area contributed by atoms with Gasteiger partial charge in [-0.2, -0.15) is 0 Å². The maximum absolute atomic E-state index is 6.21. The molecule has 2 rings (SSSR count). The minimum absolute atomic E-state index is 0.284. The van der Waals surface area contributed by atoms with Crippen molar-refractivity contribution in [2.45, 2.75) is 44.0 Å². The van der Waals surface area contributed by atoms with Crippen LogP contribution in [0.4, 0.5) is 0 Å². The zero-order valence-corrected chi connectivity index (χ0v) is 15.3. The third kappa shape index (κ3) is 2.53. The minimum Gasteiger partial charge on any atom is -0.489 e. The van der Waals surface area contributed by atoms with E-state index in [1.807, 2.05) is 18.2 Å². The molecule has 1 aromatic carbocycles. The number of alkyl halides is 1. The van der Waals surface area contributed by atoms with Crippen LogP contribution in [-0.4, -0.2) is 10.9 Å². The first kappa shape index (κ1) is 14.9. The van der Waals surface area contributed by atoms with E-state index in [-0.39, 0.29) is 5.41 Å². The van der Waals surface area contributed by atoms with Crippen LogP contribution in [0.5, 0.6) is 5.75 Å². The fourth-order valence-electron chi connectivity index (χ4n) is 2.74. The van der Waals surface area contributed by atoms with Crippen LogP contribution >= 0.6 is 47.8 Å². The number of hydrogen-bond donors (Lipinski definition) is 0. The summed E-state index contributed by atoms with van der Waals surface area (Å²) < 4.78 is 8.28. The Morgan fingerprint density at radius 3 is 2.44 bits per heavy atom. The van der Waals surface area contributed by atoms with Crippen LogP contribution in [0, 0.1) is 5.41 Å². The van der Waals surface area contributed by atoms with Gasteiger partial charge in [0.15, 0.2) is 0 Å². The summed E-state index contributed by atoms with van der Waals surface area (Å²) in [5.41, 5.74) is 0.284. The maximum Gasteiger partial charge on any atom is 0.134 e. The SMILES string of the molecule is CCC1(CC)C(Br)CC1Oc1ccc(Br)cc1Br. The lowest BCUT2D eigenvalue weighted by molar-refractivity contribution is -0.0415. The molecule has 0 bridgehead atoms. The first-order chi connectivity index (χ1) is 8.53. The molecule has 4 heteroatoms. The van der Waals surface area contributed by atoms with E-state index in [1.54, 1.807) is 0 Å². The number of halogens is 3. The van der Waals surface area contributed by atoms with E-state index in [0.717, 1.165) is 34.0 Å². The molecule has 1 aliphatic rings. The smallest absolute Gasteiger partial charge is 0.134 e. The van der Waals surface area contributed by atoms with Crippen LogP contribution in [-0.2, 0) is 0 Å². The summed E-state index contributed by atoms with van der Waals surface area (Å²) in [5.74, 6) is 0.939. The van der Waals surface area contributed by atoms with Crippen molar-refractivity contribution in [1.29, 1.82) is 0 Å². The van der Waals surface area contributed by atoms with Crippen LogP contribution < -0.4 is 4.74 Å². The quantitative estimate of drug-likeness (QED) is 0.527. The second kappa shape index (κ2) is 5.84. The summed E-state index contributed by atoms with van der Waals surface area (Å²) >= 11 is 10.8. The molecule has 1 fully saturated rings. The van der Waals surface area contributed by atoms with Gasteiger partial charge in [-0.25, -0.2) is 0 Å².